The van der Waals surface area contributed by atoms with E-state index in [2.05, 4.69) is 32.9 Å². The summed E-state index contributed by atoms with van der Waals surface area (Å²) in [6, 6.07) is 19.5. The summed E-state index contributed by atoms with van der Waals surface area (Å²) < 4.78 is 16.0. The molecule has 0 bridgehead atoms. The highest BCUT2D eigenvalue weighted by atomic mass is 127. The molecule has 0 aliphatic rings. The van der Waals surface area contributed by atoms with Crippen LogP contribution >= 0.6 is 33.9 Å². The number of hydrogen-bond acceptors (Lipinski definition) is 3. The van der Waals surface area contributed by atoms with E-state index in [1.807, 2.05) is 42.5 Å². The highest BCUT2D eigenvalue weighted by Crippen LogP contribution is 2.35. The molecular formula is C20H12FIN2OS. The first kappa shape index (κ1) is 17.1. The first-order valence-corrected chi connectivity index (χ1v) is 9.73. The van der Waals surface area contributed by atoms with Gasteiger partial charge in [-0.1, -0.05) is 24.3 Å². The van der Waals surface area contributed by atoms with Gasteiger partial charge >= 0.3 is 0 Å². The third-order valence-corrected chi connectivity index (χ3v) is 5.61. The molecule has 0 atom stereocenters. The van der Waals surface area contributed by atoms with E-state index in [1.165, 1.54) is 12.1 Å². The standard InChI is InChI=1S/C20H12FIN2OS/c21-15-6-2-1-5-13(15)19(25)23-16-10-9-12(22)11-14(16)20-24-17-7-3-4-8-18(17)26-20/h1-11H,(H,23,25). The van der Waals surface area contributed by atoms with Crippen molar-refractivity contribution in [2.45, 2.75) is 0 Å². The Hall–Kier alpha value is -2.32. The molecule has 6 heteroatoms. The number of halogens is 2. The van der Waals surface area contributed by atoms with Crippen LogP contribution in [0.4, 0.5) is 10.1 Å². The monoisotopic (exact) mass is 474 g/mol. The zero-order chi connectivity index (χ0) is 18.1. The summed E-state index contributed by atoms with van der Waals surface area (Å²) in [5.41, 5.74) is 2.36. The molecule has 0 saturated carbocycles. The van der Waals surface area contributed by atoms with Gasteiger partial charge in [0.2, 0.25) is 0 Å². The van der Waals surface area contributed by atoms with E-state index in [9.17, 15) is 9.18 Å². The lowest BCUT2D eigenvalue weighted by Gasteiger charge is -2.10. The number of nitrogens with one attached hydrogen (secondary N) is 1. The average molecular weight is 474 g/mol. The number of anilines is 1. The second-order valence-corrected chi connectivity index (χ2v) is 7.89. The minimum absolute atomic E-state index is 0.0151. The van der Waals surface area contributed by atoms with Crippen molar-refractivity contribution in [2.24, 2.45) is 0 Å². The summed E-state index contributed by atoms with van der Waals surface area (Å²) >= 11 is 3.78. The summed E-state index contributed by atoms with van der Waals surface area (Å²) in [6.45, 7) is 0. The highest BCUT2D eigenvalue weighted by molar-refractivity contribution is 14.1. The number of para-hydroxylation sites is 1. The molecule has 4 rings (SSSR count). The summed E-state index contributed by atoms with van der Waals surface area (Å²) in [6.07, 6.45) is 0. The number of rotatable bonds is 3. The third kappa shape index (κ3) is 3.34. The third-order valence-electron chi connectivity index (χ3n) is 3.87. The summed E-state index contributed by atoms with van der Waals surface area (Å²) in [7, 11) is 0. The highest BCUT2D eigenvalue weighted by Gasteiger charge is 2.16. The lowest BCUT2D eigenvalue weighted by atomic mass is 10.1. The van der Waals surface area contributed by atoms with Crippen molar-refractivity contribution in [1.82, 2.24) is 4.98 Å². The van der Waals surface area contributed by atoms with Gasteiger partial charge in [0.25, 0.3) is 5.91 Å². The Balaban J connectivity index is 1.75. The largest absolute Gasteiger partial charge is 0.321 e. The van der Waals surface area contributed by atoms with Crippen molar-refractivity contribution in [3.8, 4) is 10.6 Å². The maximum atomic E-state index is 13.9. The van der Waals surface area contributed by atoms with Crippen molar-refractivity contribution in [2.75, 3.05) is 5.32 Å². The van der Waals surface area contributed by atoms with Gasteiger partial charge in [-0.2, -0.15) is 0 Å². The summed E-state index contributed by atoms with van der Waals surface area (Å²) in [5, 5.41) is 3.64. The number of amides is 1. The number of aromatic nitrogens is 1. The van der Waals surface area contributed by atoms with Crippen molar-refractivity contribution in [3.05, 3.63) is 81.7 Å². The van der Waals surface area contributed by atoms with E-state index in [1.54, 1.807) is 23.5 Å². The van der Waals surface area contributed by atoms with Gasteiger partial charge in [-0.3, -0.25) is 4.79 Å². The van der Waals surface area contributed by atoms with Crippen LogP contribution in [-0.2, 0) is 0 Å². The Labute approximate surface area is 167 Å². The molecule has 3 aromatic carbocycles. The smallest absolute Gasteiger partial charge is 0.258 e. The van der Waals surface area contributed by atoms with Crippen LogP contribution in [0.1, 0.15) is 10.4 Å². The average Bonchev–Trinajstić information content (AvgIpc) is 3.07. The Morgan fingerprint density at radius 3 is 2.62 bits per heavy atom. The van der Waals surface area contributed by atoms with E-state index >= 15 is 0 Å². The Morgan fingerprint density at radius 2 is 1.81 bits per heavy atom. The molecule has 1 heterocycles. The molecule has 1 N–H and O–H groups in total. The van der Waals surface area contributed by atoms with Crippen LogP contribution in [0.2, 0.25) is 0 Å². The lowest BCUT2D eigenvalue weighted by Crippen LogP contribution is -2.14. The van der Waals surface area contributed by atoms with Crippen LogP contribution in [0.5, 0.6) is 0 Å². The van der Waals surface area contributed by atoms with Crippen LogP contribution < -0.4 is 5.32 Å². The molecule has 3 nitrogen and oxygen atoms in total. The molecule has 1 aromatic heterocycles. The molecule has 0 fully saturated rings. The van der Waals surface area contributed by atoms with Gasteiger partial charge in [0.05, 0.1) is 21.5 Å². The van der Waals surface area contributed by atoms with E-state index in [-0.39, 0.29) is 5.56 Å². The van der Waals surface area contributed by atoms with Crippen LogP contribution in [-0.4, -0.2) is 10.9 Å². The van der Waals surface area contributed by atoms with E-state index < -0.39 is 11.7 Å². The fourth-order valence-electron chi connectivity index (χ4n) is 2.62. The summed E-state index contributed by atoms with van der Waals surface area (Å²) in [4.78, 5) is 17.2. The fourth-order valence-corrected chi connectivity index (χ4v) is 4.11. The van der Waals surface area contributed by atoms with Crippen molar-refractivity contribution in [3.63, 3.8) is 0 Å². The quantitative estimate of drug-likeness (QED) is 0.373. The van der Waals surface area contributed by atoms with Crippen LogP contribution in [0.3, 0.4) is 0 Å². The van der Waals surface area contributed by atoms with Crippen LogP contribution in [0.25, 0.3) is 20.8 Å². The molecule has 0 saturated heterocycles. The maximum Gasteiger partial charge on any atom is 0.258 e. The molecule has 1 amide bonds. The molecule has 0 unspecified atom stereocenters. The second kappa shape index (κ2) is 7.13. The Morgan fingerprint density at radius 1 is 1.04 bits per heavy atom. The molecule has 0 spiro atoms. The molecule has 26 heavy (non-hydrogen) atoms. The van der Waals surface area contributed by atoms with Gasteiger partial charge < -0.3 is 5.32 Å². The molecule has 4 aromatic rings. The number of nitrogens with zero attached hydrogens (tertiary/aromatic N) is 1. The second-order valence-electron chi connectivity index (χ2n) is 5.61. The van der Waals surface area contributed by atoms with E-state index in [0.717, 1.165) is 24.4 Å². The maximum absolute atomic E-state index is 13.9. The zero-order valence-corrected chi connectivity index (χ0v) is 16.3. The Kier molecular flexibility index (Phi) is 4.69. The summed E-state index contributed by atoms with van der Waals surface area (Å²) in [5.74, 6) is -1.02. The van der Waals surface area contributed by atoms with Crippen molar-refractivity contribution >= 4 is 55.7 Å². The molecule has 0 aliphatic heterocycles. The number of thiazole rings is 1. The van der Waals surface area contributed by atoms with Gasteiger partial charge in [0, 0.05) is 9.13 Å². The van der Waals surface area contributed by atoms with Gasteiger partial charge in [0.15, 0.2) is 0 Å². The van der Waals surface area contributed by atoms with Crippen LogP contribution in [0, 0.1) is 9.39 Å². The van der Waals surface area contributed by atoms with Gasteiger partial charge in [0.1, 0.15) is 10.8 Å². The molecular weight excluding hydrogens is 462 g/mol. The normalized spacial score (nSPS) is 10.8. The zero-order valence-electron chi connectivity index (χ0n) is 13.4. The van der Waals surface area contributed by atoms with Crippen molar-refractivity contribution < 1.29 is 9.18 Å². The number of fused-ring (bicyclic) bond motifs is 1. The van der Waals surface area contributed by atoms with Crippen LogP contribution in [0.15, 0.2) is 66.7 Å². The van der Waals surface area contributed by atoms with Crippen molar-refractivity contribution in [1.29, 1.82) is 0 Å². The number of hydrogen-bond donors (Lipinski definition) is 1. The minimum Gasteiger partial charge on any atom is -0.321 e. The molecule has 128 valence electrons. The number of benzene rings is 3. The topological polar surface area (TPSA) is 42.0 Å². The fraction of sp³-hybridized carbons (Fsp3) is 0. The minimum atomic E-state index is -0.544. The predicted octanol–water partition coefficient (Wildman–Crippen LogP) is 5.96. The number of carbonyl (C=O) groups excluding carboxylic acids is 1. The SMILES string of the molecule is O=C(Nc1ccc(I)cc1-c1nc2ccccc2s1)c1ccccc1F. The van der Waals surface area contributed by atoms with E-state index in [0.29, 0.717) is 5.69 Å². The predicted molar refractivity (Wildman–Crippen MR) is 112 cm³/mol. The lowest BCUT2D eigenvalue weighted by molar-refractivity contribution is 0.102. The first-order chi connectivity index (χ1) is 12.6. The van der Waals surface area contributed by atoms with Gasteiger partial charge in [-0.15, -0.1) is 11.3 Å². The van der Waals surface area contributed by atoms with E-state index in [4.69, 9.17) is 0 Å². The number of carbonyl (C=O) groups is 1. The molecule has 0 radical (unpaired) electrons. The van der Waals surface area contributed by atoms with Gasteiger partial charge in [-0.05, 0) is 65.1 Å². The Bertz CT molecular complexity index is 1090. The first-order valence-electron chi connectivity index (χ1n) is 7.83. The van der Waals surface area contributed by atoms with Gasteiger partial charge in [-0.25, -0.2) is 9.37 Å². The molecule has 0 aliphatic carbocycles.